The molecule has 0 bridgehead atoms. The Morgan fingerprint density at radius 1 is 1.00 bits per heavy atom. The first-order chi connectivity index (χ1) is 15.4. The number of fused-ring (bicyclic) bond motifs is 3. The Balaban J connectivity index is 1.42. The number of hydrogen-bond donors (Lipinski definition) is 2. The van der Waals surface area contributed by atoms with Crippen LogP contribution in [0.1, 0.15) is 66.7 Å². The Labute approximate surface area is 190 Å². The first-order valence-corrected chi connectivity index (χ1v) is 12.1. The Hall–Kier alpha value is -2.82. The molecule has 3 aliphatic rings. The van der Waals surface area contributed by atoms with E-state index in [4.69, 9.17) is 15.7 Å². The van der Waals surface area contributed by atoms with E-state index in [1.807, 2.05) is 13.0 Å². The van der Waals surface area contributed by atoms with Crippen molar-refractivity contribution in [3.05, 3.63) is 52.3 Å². The number of anilines is 3. The number of nitrogens with zero attached hydrogens (tertiary/aromatic N) is 3. The lowest BCUT2D eigenvalue weighted by molar-refractivity contribution is 0.0903. The second kappa shape index (κ2) is 7.09. The molecule has 5 nitrogen and oxygen atoms in total. The molecule has 2 heterocycles. The van der Waals surface area contributed by atoms with Crippen molar-refractivity contribution in [2.24, 2.45) is 5.41 Å². The minimum Gasteiger partial charge on any atom is -0.399 e. The van der Waals surface area contributed by atoms with Gasteiger partial charge in [-0.3, -0.25) is 0 Å². The molecule has 0 unspecified atom stereocenters. The van der Waals surface area contributed by atoms with Gasteiger partial charge in [0.15, 0.2) is 0 Å². The third kappa shape index (κ3) is 3.13. The summed E-state index contributed by atoms with van der Waals surface area (Å²) in [6.45, 7) is 8.72. The van der Waals surface area contributed by atoms with Crippen LogP contribution in [0.15, 0.2) is 24.3 Å². The van der Waals surface area contributed by atoms with E-state index < -0.39 is 0 Å². The van der Waals surface area contributed by atoms with E-state index in [-0.39, 0.29) is 6.04 Å². The van der Waals surface area contributed by atoms with Gasteiger partial charge in [-0.25, -0.2) is 9.97 Å². The molecule has 2 fully saturated rings. The normalized spacial score (nSPS) is 19.5. The summed E-state index contributed by atoms with van der Waals surface area (Å²) in [6.07, 6.45) is 7.75. The summed E-state index contributed by atoms with van der Waals surface area (Å²) >= 11 is 0. The second-order valence-electron chi connectivity index (χ2n) is 10.5. The van der Waals surface area contributed by atoms with Gasteiger partial charge in [0.05, 0.1) is 11.6 Å². The summed E-state index contributed by atoms with van der Waals surface area (Å²) in [6, 6.07) is 8.75. The van der Waals surface area contributed by atoms with Crippen LogP contribution in [0.3, 0.4) is 0 Å². The zero-order chi connectivity index (χ0) is 22.0. The fourth-order valence-electron chi connectivity index (χ4n) is 6.16. The molecule has 2 aromatic carbocycles. The van der Waals surface area contributed by atoms with Crippen molar-refractivity contribution in [1.82, 2.24) is 9.97 Å². The standard InChI is InChI=1S/C27H33N5/c1-16-10-19(12-20(28)11-16)17(2)29-26-23-13-24(32-14-27(15-32)8-5-9-27)21-6-4-7-22(21)25(23)30-18(3)31-26/h10-13,17H,4-9,14-15,28H2,1-3H3,(H,29,30,31)/t17-/m1/s1. The Bertz CT molecular complexity index is 1200. The maximum Gasteiger partial charge on any atom is 0.138 e. The molecular weight excluding hydrogens is 394 g/mol. The summed E-state index contributed by atoms with van der Waals surface area (Å²) in [4.78, 5) is 12.4. The first kappa shape index (κ1) is 19.8. The van der Waals surface area contributed by atoms with Crippen molar-refractivity contribution in [1.29, 1.82) is 0 Å². The summed E-state index contributed by atoms with van der Waals surface area (Å²) in [5, 5.41) is 4.86. The zero-order valence-corrected chi connectivity index (χ0v) is 19.5. The van der Waals surface area contributed by atoms with Crippen molar-refractivity contribution in [3.63, 3.8) is 0 Å². The Kier molecular flexibility index (Phi) is 4.40. The summed E-state index contributed by atoms with van der Waals surface area (Å²) in [5.74, 6) is 1.77. The van der Waals surface area contributed by atoms with E-state index in [9.17, 15) is 0 Å². The van der Waals surface area contributed by atoms with Gasteiger partial charge in [0.25, 0.3) is 0 Å². The molecule has 1 saturated heterocycles. The smallest absolute Gasteiger partial charge is 0.138 e. The highest BCUT2D eigenvalue weighted by Gasteiger charge is 2.48. The number of rotatable bonds is 4. The van der Waals surface area contributed by atoms with Gasteiger partial charge in [-0.05, 0) is 93.3 Å². The van der Waals surface area contributed by atoms with Crippen molar-refractivity contribution in [3.8, 4) is 0 Å². The van der Waals surface area contributed by atoms with Gasteiger partial charge in [-0.2, -0.15) is 0 Å². The highest BCUT2D eigenvalue weighted by Crippen LogP contribution is 2.51. The number of aryl methyl sites for hydroxylation is 3. The topological polar surface area (TPSA) is 67.1 Å². The molecule has 3 N–H and O–H groups in total. The minimum atomic E-state index is 0.105. The molecule has 0 amide bonds. The van der Waals surface area contributed by atoms with Crippen LogP contribution in [-0.4, -0.2) is 23.1 Å². The largest absolute Gasteiger partial charge is 0.399 e. The van der Waals surface area contributed by atoms with Gasteiger partial charge in [0, 0.05) is 35.3 Å². The summed E-state index contributed by atoms with van der Waals surface area (Å²) < 4.78 is 0. The summed E-state index contributed by atoms with van der Waals surface area (Å²) in [7, 11) is 0. The van der Waals surface area contributed by atoms with Crippen molar-refractivity contribution in [2.75, 3.05) is 29.0 Å². The molecule has 32 heavy (non-hydrogen) atoms. The molecule has 1 saturated carbocycles. The highest BCUT2D eigenvalue weighted by atomic mass is 15.2. The van der Waals surface area contributed by atoms with Gasteiger partial charge in [0.2, 0.25) is 0 Å². The maximum absolute atomic E-state index is 6.12. The van der Waals surface area contributed by atoms with E-state index in [2.05, 4.69) is 42.3 Å². The Morgan fingerprint density at radius 2 is 1.78 bits per heavy atom. The molecule has 5 heteroatoms. The number of aromatic nitrogens is 2. The Morgan fingerprint density at radius 3 is 2.50 bits per heavy atom. The molecule has 166 valence electrons. The van der Waals surface area contributed by atoms with E-state index in [0.717, 1.165) is 34.7 Å². The minimum absolute atomic E-state index is 0.105. The average Bonchev–Trinajstić information content (AvgIpc) is 3.15. The number of nitrogens with two attached hydrogens (primary N) is 1. The predicted molar refractivity (Wildman–Crippen MR) is 132 cm³/mol. The van der Waals surface area contributed by atoms with Gasteiger partial charge in [-0.15, -0.1) is 0 Å². The van der Waals surface area contributed by atoms with Gasteiger partial charge < -0.3 is 16.0 Å². The van der Waals surface area contributed by atoms with Crippen LogP contribution in [-0.2, 0) is 12.8 Å². The van der Waals surface area contributed by atoms with E-state index in [1.165, 1.54) is 73.1 Å². The SMILES string of the molecule is Cc1cc(N)cc([C@@H](C)Nc2nc(C)nc3c4c(c(N5CC6(CCC6)C5)cc23)CCC4)c1. The third-order valence-corrected chi connectivity index (χ3v) is 7.93. The number of nitrogen functional groups attached to an aromatic ring is 1. The van der Waals surface area contributed by atoms with Crippen molar-refractivity contribution < 1.29 is 0 Å². The highest BCUT2D eigenvalue weighted by molar-refractivity contribution is 5.96. The zero-order valence-electron chi connectivity index (χ0n) is 19.5. The fourth-order valence-corrected chi connectivity index (χ4v) is 6.16. The van der Waals surface area contributed by atoms with Crippen LogP contribution < -0.4 is 16.0 Å². The van der Waals surface area contributed by atoms with Gasteiger partial charge in [-0.1, -0.05) is 12.5 Å². The number of benzene rings is 2. The van der Waals surface area contributed by atoms with Crippen LogP contribution in [0.4, 0.5) is 17.2 Å². The van der Waals surface area contributed by atoms with E-state index in [1.54, 1.807) is 0 Å². The van der Waals surface area contributed by atoms with Crippen molar-refractivity contribution in [2.45, 2.75) is 65.3 Å². The van der Waals surface area contributed by atoms with Crippen LogP contribution in [0.25, 0.3) is 10.9 Å². The molecule has 1 spiro atoms. The molecule has 6 rings (SSSR count). The third-order valence-electron chi connectivity index (χ3n) is 7.93. The van der Waals surface area contributed by atoms with E-state index in [0.29, 0.717) is 5.41 Å². The second-order valence-corrected chi connectivity index (χ2v) is 10.5. The van der Waals surface area contributed by atoms with Crippen LogP contribution in [0, 0.1) is 19.3 Å². The van der Waals surface area contributed by atoms with Crippen LogP contribution in [0.5, 0.6) is 0 Å². The molecular formula is C27H33N5. The lowest BCUT2D eigenvalue weighted by Gasteiger charge is -2.57. The monoisotopic (exact) mass is 427 g/mol. The molecule has 3 aromatic rings. The molecule has 0 radical (unpaired) electrons. The molecule has 1 aliphatic heterocycles. The lowest BCUT2D eigenvalue weighted by Crippen LogP contribution is -2.60. The number of hydrogen-bond acceptors (Lipinski definition) is 5. The van der Waals surface area contributed by atoms with E-state index >= 15 is 0 Å². The quantitative estimate of drug-likeness (QED) is 0.540. The fraction of sp³-hybridized carbons (Fsp3) is 0.481. The van der Waals surface area contributed by atoms with Crippen LogP contribution >= 0.6 is 0 Å². The first-order valence-electron chi connectivity index (χ1n) is 12.1. The van der Waals surface area contributed by atoms with Crippen molar-refractivity contribution >= 4 is 28.1 Å². The predicted octanol–water partition coefficient (Wildman–Crippen LogP) is 5.48. The average molecular weight is 428 g/mol. The maximum atomic E-state index is 6.12. The van der Waals surface area contributed by atoms with Crippen LogP contribution in [0.2, 0.25) is 0 Å². The summed E-state index contributed by atoms with van der Waals surface area (Å²) in [5.41, 5.74) is 15.5. The van der Waals surface area contributed by atoms with Gasteiger partial charge in [0.1, 0.15) is 11.6 Å². The number of nitrogens with one attached hydrogen (secondary N) is 1. The molecule has 1 atom stereocenters. The lowest BCUT2D eigenvalue weighted by atomic mass is 9.63. The molecule has 1 aromatic heterocycles. The van der Waals surface area contributed by atoms with Gasteiger partial charge >= 0.3 is 0 Å². The molecule has 2 aliphatic carbocycles.